The molecule has 0 amide bonds. The zero-order valence-electron chi connectivity index (χ0n) is 13.3. The molecule has 2 saturated heterocycles. The molecule has 1 N–H and O–H groups in total. The Kier molecular flexibility index (Phi) is 4.94. The summed E-state index contributed by atoms with van der Waals surface area (Å²) < 4.78 is 5.54. The molecule has 2 aliphatic heterocycles. The van der Waals surface area contributed by atoms with Crippen molar-refractivity contribution in [2.24, 2.45) is 5.92 Å². The molecule has 2 heterocycles. The van der Waals surface area contributed by atoms with Gasteiger partial charge in [0.1, 0.15) is 0 Å². The number of nitrogens with zero attached hydrogens (tertiary/aromatic N) is 1. The summed E-state index contributed by atoms with van der Waals surface area (Å²) in [7, 11) is 0. The van der Waals surface area contributed by atoms with E-state index in [0.717, 1.165) is 32.2 Å². The molecule has 0 spiro atoms. The monoisotopic (exact) mass is 288 g/mol. The van der Waals surface area contributed by atoms with E-state index in [1.54, 1.807) is 0 Å². The minimum atomic E-state index is 0.500. The summed E-state index contributed by atoms with van der Waals surface area (Å²) in [6, 6.07) is 12.7. The van der Waals surface area contributed by atoms with Crippen LogP contribution in [-0.4, -0.2) is 43.3 Å². The van der Waals surface area contributed by atoms with Gasteiger partial charge in [0, 0.05) is 44.4 Å². The van der Waals surface area contributed by atoms with Crippen molar-refractivity contribution in [3.05, 3.63) is 35.9 Å². The molecule has 3 rings (SSSR count). The van der Waals surface area contributed by atoms with Crippen LogP contribution in [0.4, 0.5) is 0 Å². The first-order valence-electron chi connectivity index (χ1n) is 8.37. The van der Waals surface area contributed by atoms with Gasteiger partial charge in [-0.2, -0.15) is 0 Å². The van der Waals surface area contributed by atoms with Crippen LogP contribution in [0.1, 0.15) is 38.3 Å². The molecule has 3 heteroatoms. The van der Waals surface area contributed by atoms with Gasteiger partial charge in [-0.15, -0.1) is 0 Å². The van der Waals surface area contributed by atoms with Crippen molar-refractivity contribution in [3.63, 3.8) is 0 Å². The summed E-state index contributed by atoms with van der Waals surface area (Å²) >= 11 is 0. The van der Waals surface area contributed by atoms with Crippen LogP contribution in [0.2, 0.25) is 0 Å². The maximum absolute atomic E-state index is 5.54. The minimum absolute atomic E-state index is 0.500. The van der Waals surface area contributed by atoms with Gasteiger partial charge in [0.05, 0.1) is 0 Å². The van der Waals surface area contributed by atoms with E-state index in [2.05, 4.69) is 54.4 Å². The van der Waals surface area contributed by atoms with Gasteiger partial charge >= 0.3 is 0 Å². The van der Waals surface area contributed by atoms with Crippen molar-refractivity contribution in [2.75, 3.05) is 26.3 Å². The van der Waals surface area contributed by atoms with E-state index in [0.29, 0.717) is 18.1 Å². The molecular weight excluding hydrogens is 260 g/mol. The van der Waals surface area contributed by atoms with Crippen molar-refractivity contribution in [2.45, 2.75) is 44.8 Å². The first-order valence-corrected chi connectivity index (χ1v) is 8.37. The van der Waals surface area contributed by atoms with Crippen LogP contribution in [0.3, 0.4) is 0 Å². The van der Waals surface area contributed by atoms with Gasteiger partial charge in [0.15, 0.2) is 0 Å². The molecule has 0 aliphatic carbocycles. The summed E-state index contributed by atoms with van der Waals surface area (Å²) in [5, 5.41) is 3.65. The van der Waals surface area contributed by atoms with Gasteiger partial charge in [-0.1, -0.05) is 30.3 Å². The van der Waals surface area contributed by atoms with Crippen molar-refractivity contribution < 1.29 is 4.74 Å². The molecular formula is C18H28N2O. The summed E-state index contributed by atoms with van der Waals surface area (Å²) in [6.45, 7) is 8.78. The molecule has 3 unspecified atom stereocenters. The lowest BCUT2D eigenvalue weighted by molar-refractivity contribution is 0.00459. The zero-order chi connectivity index (χ0) is 14.7. The Morgan fingerprint density at radius 2 is 1.90 bits per heavy atom. The van der Waals surface area contributed by atoms with Gasteiger partial charge in [-0.05, 0) is 38.2 Å². The average Bonchev–Trinajstić information content (AvgIpc) is 2.56. The van der Waals surface area contributed by atoms with Crippen LogP contribution in [0.15, 0.2) is 30.3 Å². The lowest BCUT2D eigenvalue weighted by atomic mass is 9.88. The fraction of sp³-hybridized carbons (Fsp3) is 0.667. The van der Waals surface area contributed by atoms with Crippen molar-refractivity contribution in [1.29, 1.82) is 0 Å². The molecule has 1 aromatic carbocycles. The molecule has 2 fully saturated rings. The molecule has 0 saturated carbocycles. The highest BCUT2D eigenvalue weighted by Gasteiger charge is 2.34. The predicted molar refractivity (Wildman–Crippen MR) is 86.4 cm³/mol. The molecule has 0 aromatic heterocycles. The van der Waals surface area contributed by atoms with Crippen LogP contribution in [-0.2, 0) is 4.74 Å². The maximum Gasteiger partial charge on any atom is 0.0476 e. The number of hydrogen-bond donors (Lipinski definition) is 1. The smallest absolute Gasteiger partial charge is 0.0476 e. The molecule has 2 aliphatic rings. The average molecular weight is 288 g/mol. The second-order valence-corrected chi connectivity index (χ2v) is 6.62. The largest absolute Gasteiger partial charge is 0.381 e. The molecule has 3 atom stereocenters. The fourth-order valence-corrected chi connectivity index (χ4v) is 3.84. The van der Waals surface area contributed by atoms with E-state index in [4.69, 9.17) is 4.74 Å². The van der Waals surface area contributed by atoms with E-state index in [9.17, 15) is 0 Å². The number of hydrogen-bond acceptors (Lipinski definition) is 3. The van der Waals surface area contributed by atoms with Gasteiger partial charge < -0.3 is 10.1 Å². The summed E-state index contributed by atoms with van der Waals surface area (Å²) in [5.74, 6) is 0.773. The number of benzene rings is 1. The topological polar surface area (TPSA) is 24.5 Å². The molecule has 0 radical (unpaired) electrons. The third-order valence-corrected chi connectivity index (χ3v) is 5.20. The number of rotatable bonds is 3. The highest BCUT2D eigenvalue weighted by Crippen LogP contribution is 2.31. The van der Waals surface area contributed by atoms with Crippen LogP contribution in [0, 0.1) is 5.92 Å². The molecule has 21 heavy (non-hydrogen) atoms. The van der Waals surface area contributed by atoms with Crippen LogP contribution in [0.5, 0.6) is 0 Å². The summed E-state index contributed by atoms with van der Waals surface area (Å²) in [6.07, 6.45) is 2.42. The minimum Gasteiger partial charge on any atom is -0.381 e. The zero-order valence-corrected chi connectivity index (χ0v) is 13.3. The Bertz CT molecular complexity index is 430. The number of piperazine rings is 1. The second-order valence-electron chi connectivity index (χ2n) is 6.62. The Balaban J connectivity index is 1.77. The molecule has 1 aromatic rings. The van der Waals surface area contributed by atoms with Crippen molar-refractivity contribution >= 4 is 0 Å². The van der Waals surface area contributed by atoms with E-state index in [-0.39, 0.29) is 0 Å². The normalized spacial score (nSPS) is 30.2. The highest BCUT2D eigenvalue weighted by molar-refractivity contribution is 5.20. The standard InChI is InChI=1S/C18H28N2O/c1-14-13-20(15(2)16-8-10-21-11-9-16)18(12-19-14)17-6-4-3-5-7-17/h3-7,14-16,18-19H,8-13H2,1-2H3. The lowest BCUT2D eigenvalue weighted by Gasteiger charge is -2.46. The van der Waals surface area contributed by atoms with E-state index in [1.807, 2.05) is 0 Å². The number of nitrogens with one attached hydrogen (secondary N) is 1. The molecule has 0 bridgehead atoms. The van der Waals surface area contributed by atoms with Crippen LogP contribution >= 0.6 is 0 Å². The molecule has 116 valence electrons. The van der Waals surface area contributed by atoms with Gasteiger partial charge in [0.25, 0.3) is 0 Å². The Morgan fingerprint density at radius 3 is 2.62 bits per heavy atom. The van der Waals surface area contributed by atoms with Gasteiger partial charge in [-0.25, -0.2) is 0 Å². The second kappa shape index (κ2) is 6.91. The quantitative estimate of drug-likeness (QED) is 0.925. The van der Waals surface area contributed by atoms with E-state index < -0.39 is 0 Å². The highest BCUT2D eigenvalue weighted by atomic mass is 16.5. The first-order chi connectivity index (χ1) is 10.3. The lowest BCUT2D eigenvalue weighted by Crippen LogP contribution is -2.55. The third kappa shape index (κ3) is 3.47. The van der Waals surface area contributed by atoms with E-state index >= 15 is 0 Å². The SMILES string of the molecule is CC1CN(C(C)C2CCOCC2)C(c2ccccc2)CN1. The predicted octanol–water partition coefficient (Wildman–Crippen LogP) is 2.84. The fourth-order valence-electron chi connectivity index (χ4n) is 3.84. The third-order valence-electron chi connectivity index (χ3n) is 5.20. The van der Waals surface area contributed by atoms with Crippen molar-refractivity contribution in [1.82, 2.24) is 10.2 Å². The van der Waals surface area contributed by atoms with Crippen LogP contribution in [0.25, 0.3) is 0 Å². The Hall–Kier alpha value is -0.900. The van der Waals surface area contributed by atoms with Crippen molar-refractivity contribution in [3.8, 4) is 0 Å². The van der Waals surface area contributed by atoms with E-state index in [1.165, 1.54) is 18.4 Å². The summed E-state index contributed by atoms with van der Waals surface area (Å²) in [5.41, 5.74) is 1.44. The number of ether oxygens (including phenoxy) is 1. The first kappa shape index (κ1) is 15.0. The molecule has 3 nitrogen and oxygen atoms in total. The summed E-state index contributed by atoms with van der Waals surface area (Å²) in [4.78, 5) is 2.73. The maximum atomic E-state index is 5.54. The Morgan fingerprint density at radius 1 is 1.19 bits per heavy atom. The Labute approximate surface area is 128 Å². The van der Waals surface area contributed by atoms with Crippen LogP contribution < -0.4 is 5.32 Å². The van der Waals surface area contributed by atoms with Gasteiger partial charge in [0.2, 0.25) is 0 Å². The van der Waals surface area contributed by atoms with Gasteiger partial charge in [-0.3, -0.25) is 4.90 Å².